The van der Waals surface area contributed by atoms with Crippen molar-refractivity contribution in [2.45, 2.75) is 65.6 Å². The van der Waals surface area contributed by atoms with Gasteiger partial charge < -0.3 is 10.4 Å². The predicted octanol–water partition coefficient (Wildman–Crippen LogP) is 2.35. The van der Waals surface area contributed by atoms with Gasteiger partial charge in [-0.2, -0.15) is 10.1 Å². The van der Waals surface area contributed by atoms with Crippen molar-refractivity contribution >= 4 is 0 Å². The lowest BCUT2D eigenvalue weighted by atomic mass is 9.98. The summed E-state index contributed by atoms with van der Waals surface area (Å²) in [5.74, 6) is 0. The van der Waals surface area contributed by atoms with Gasteiger partial charge in [-0.3, -0.25) is 0 Å². The first-order valence-electron chi connectivity index (χ1n) is 5.62. The zero-order valence-electron chi connectivity index (χ0n) is 10.9. The number of rotatable bonds is 6. The van der Waals surface area contributed by atoms with Gasteiger partial charge in [0, 0.05) is 24.2 Å². The zero-order valence-corrected chi connectivity index (χ0v) is 10.9. The molecule has 0 aliphatic carbocycles. The Hall–Kier alpha value is -0.160. The van der Waals surface area contributed by atoms with Crippen molar-refractivity contribution in [1.29, 1.82) is 0 Å². The van der Waals surface area contributed by atoms with Gasteiger partial charge in [-0.05, 0) is 48.0 Å². The molecule has 0 aromatic carbocycles. The lowest BCUT2D eigenvalue weighted by molar-refractivity contribution is -0.196. The average Bonchev–Trinajstić information content (AvgIpc) is 2.12. The van der Waals surface area contributed by atoms with E-state index in [-0.39, 0.29) is 17.6 Å². The lowest BCUT2D eigenvalue weighted by Crippen LogP contribution is -2.47. The molecule has 0 saturated carbocycles. The van der Waals surface area contributed by atoms with Crippen molar-refractivity contribution in [1.82, 2.24) is 10.1 Å². The largest absolute Gasteiger partial charge is 0.314 e. The van der Waals surface area contributed by atoms with E-state index in [2.05, 4.69) is 0 Å². The highest BCUT2D eigenvalue weighted by Gasteiger charge is 2.28. The molecule has 4 nitrogen and oxygen atoms in total. The van der Waals surface area contributed by atoms with Crippen LogP contribution in [-0.4, -0.2) is 44.7 Å². The fourth-order valence-electron chi connectivity index (χ4n) is 1.46. The van der Waals surface area contributed by atoms with Gasteiger partial charge in [0.2, 0.25) is 0 Å². The second kappa shape index (κ2) is 5.80. The third-order valence-corrected chi connectivity index (χ3v) is 2.66. The molecular weight excluding hydrogens is 192 g/mol. The van der Waals surface area contributed by atoms with Crippen molar-refractivity contribution in [3.05, 3.63) is 0 Å². The molecule has 0 aromatic heterocycles. The predicted molar refractivity (Wildman–Crippen MR) is 61.1 cm³/mol. The summed E-state index contributed by atoms with van der Waals surface area (Å²) in [5, 5.41) is 22.0. The minimum absolute atomic E-state index is 0.0891. The number of nitrogens with zero attached hydrogens (tertiary/aromatic N) is 2. The summed E-state index contributed by atoms with van der Waals surface area (Å²) >= 11 is 0. The average molecular weight is 218 g/mol. The van der Waals surface area contributed by atoms with Crippen LogP contribution in [0, 0.1) is 0 Å². The summed E-state index contributed by atoms with van der Waals surface area (Å²) in [6, 6.07) is 0.207. The van der Waals surface area contributed by atoms with Gasteiger partial charge in [-0.25, -0.2) is 0 Å². The molecule has 0 aliphatic rings. The Morgan fingerprint density at radius 1 is 1.00 bits per heavy atom. The van der Waals surface area contributed by atoms with Crippen LogP contribution in [0.5, 0.6) is 0 Å². The van der Waals surface area contributed by atoms with Crippen molar-refractivity contribution in [3.63, 3.8) is 0 Å². The van der Waals surface area contributed by atoms with Gasteiger partial charge in [0.25, 0.3) is 0 Å². The van der Waals surface area contributed by atoms with E-state index in [0.717, 1.165) is 6.42 Å². The first-order chi connectivity index (χ1) is 6.68. The Bertz CT molecular complexity index is 181. The highest BCUT2D eigenvalue weighted by molar-refractivity contribution is 4.79. The van der Waals surface area contributed by atoms with Gasteiger partial charge in [-0.15, -0.1) is 0 Å². The second-order valence-electron chi connectivity index (χ2n) is 5.26. The van der Waals surface area contributed by atoms with Gasteiger partial charge in [-0.1, -0.05) is 0 Å². The topological polar surface area (TPSA) is 46.9 Å². The van der Waals surface area contributed by atoms with E-state index < -0.39 is 0 Å². The van der Waals surface area contributed by atoms with Gasteiger partial charge in [0.05, 0.1) is 0 Å². The Balaban J connectivity index is 4.15. The number of hydrogen-bond acceptors (Lipinski definition) is 4. The van der Waals surface area contributed by atoms with Crippen molar-refractivity contribution in [2.75, 3.05) is 6.54 Å². The molecule has 0 spiro atoms. The van der Waals surface area contributed by atoms with Crippen molar-refractivity contribution < 1.29 is 10.4 Å². The molecule has 0 aliphatic heterocycles. The van der Waals surface area contributed by atoms with Crippen LogP contribution in [-0.2, 0) is 0 Å². The van der Waals surface area contributed by atoms with Crippen LogP contribution >= 0.6 is 0 Å². The molecule has 0 amide bonds. The molecule has 0 radical (unpaired) electrons. The van der Waals surface area contributed by atoms with E-state index in [4.69, 9.17) is 0 Å². The second-order valence-corrected chi connectivity index (χ2v) is 5.26. The summed E-state index contributed by atoms with van der Waals surface area (Å²) < 4.78 is 0. The van der Waals surface area contributed by atoms with E-state index in [0.29, 0.717) is 6.54 Å². The Labute approximate surface area is 93.4 Å². The summed E-state index contributed by atoms with van der Waals surface area (Å²) in [5.41, 5.74) is -0.315. The van der Waals surface area contributed by atoms with Crippen molar-refractivity contribution in [2.24, 2.45) is 0 Å². The van der Waals surface area contributed by atoms with Crippen LogP contribution in [0.15, 0.2) is 0 Å². The number of hydroxylamine groups is 4. The third-order valence-electron chi connectivity index (χ3n) is 2.66. The maximum Gasteiger partial charge on any atom is 0.0420 e. The summed E-state index contributed by atoms with van der Waals surface area (Å²) in [6.45, 7) is 12.3. The van der Waals surface area contributed by atoms with Crippen molar-refractivity contribution in [3.8, 4) is 0 Å². The molecule has 15 heavy (non-hydrogen) atoms. The van der Waals surface area contributed by atoms with E-state index in [1.165, 1.54) is 10.1 Å². The Morgan fingerprint density at radius 3 is 1.80 bits per heavy atom. The highest BCUT2D eigenvalue weighted by Crippen LogP contribution is 2.19. The van der Waals surface area contributed by atoms with E-state index >= 15 is 0 Å². The molecule has 0 unspecified atom stereocenters. The normalized spacial score (nSPS) is 13.6. The first-order valence-corrected chi connectivity index (χ1v) is 5.62. The van der Waals surface area contributed by atoms with Crippen LogP contribution in [0.25, 0.3) is 0 Å². The Morgan fingerprint density at radius 2 is 1.47 bits per heavy atom. The van der Waals surface area contributed by atoms with Crippen LogP contribution in [0.4, 0.5) is 0 Å². The molecule has 0 heterocycles. The smallest absolute Gasteiger partial charge is 0.0420 e. The molecule has 0 saturated heterocycles. The molecule has 4 heteroatoms. The molecule has 0 aromatic rings. The zero-order chi connectivity index (χ0) is 12.2. The van der Waals surface area contributed by atoms with Crippen LogP contribution < -0.4 is 0 Å². The fraction of sp³-hybridized carbons (Fsp3) is 1.00. The maximum atomic E-state index is 9.84. The lowest BCUT2D eigenvalue weighted by Gasteiger charge is -2.37. The Kier molecular flexibility index (Phi) is 5.73. The SMILES string of the molecule is CC(C)N(O)CCC(C)(C)N(O)C(C)C. The minimum Gasteiger partial charge on any atom is -0.314 e. The molecule has 92 valence electrons. The van der Waals surface area contributed by atoms with Crippen LogP contribution in [0.2, 0.25) is 0 Å². The van der Waals surface area contributed by atoms with E-state index in [9.17, 15) is 10.4 Å². The summed E-state index contributed by atoms with van der Waals surface area (Å²) in [6.07, 6.45) is 0.719. The first kappa shape index (κ1) is 14.8. The fourth-order valence-corrected chi connectivity index (χ4v) is 1.46. The molecular formula is C11H26N2O2. The standard InChI is InChI=1S/C11H26N2O2/c1-9(2)12(14)8-7-11(5,6)13(15)10(3)4/h9-10,14-15H,7-8H2,1-6H3. The van der Waals surface area contributed by atoms with Gasteiger partial charge in [0.15, 0.2) is 0 Å². The maximum absolute atomic E-state index is 9.84. The minimum atomic E-state index is -0.315. The van der Waals surface area contributed by atoms with Crippen LogP contribution in [0.1, 0.15) is 48.0 Å². The molecule has 0 bridgehead atoms. The van der Waals surface area contributed by atoms with Crippen LogP contribution in [0.3, 0.4) is 0 Å². The van der Waals surface area contributed by atoms with E-state index in [1.54, 1.807) is 0 Å². The highest BCUT2D eigenvalue weighted by atomic mass is 16.5. The molecule has 0 fully saturated rings. The third kappa shape index (κ3) is 4.93. The van der Waals surface area contributed by atoms with E-state index in [1.807, 2.05) is 41.5 Å². The summed E-state index contributed by atoms with van der Waals surface area (Å²) in [7, 11) is 0. The molecule has 0 rings (SSSR count). The number of hydrogen-bond donors (Lipinski definition) is 2. The quantitative estimate of drug-likeness (QED) is 0.672. The van der Waals surface area contributed by atoms with Gasteiger partial charge in [0.1, 0.15) is 0 Å². The van der Waals surface area contributed by atoms with Gasteiger partial charge >= 0.3 is 0 Å². The molecule has 2 N–H and O–H groups in total. The summed E-state index contributed by atoms with van der Waals surface area (Å²) in [4.78, 5) is 0. The molecule has 0 atom stereocenters. The monoisotopic (exact) mass is 218 g/mol.